The summed E-state index contributed by atoms with van der Waals surface area (Å²) in [7, 11) is 1.59. The number of methoxy groups -OCH3 is 1. The lowest BCUT2D eigenvalue weighted by Crippen LogP contribution is -2.20. The van der Waals surface area contributed by atoms with Crippen molar-refractivity contribution in [3.05, 3.63) is 81.3 Å². The lowest BCUT2D eigenvalue weighted by atomic mass is 10.1. The van der Waals surface area contributed by atoms with Gasteiger partial charge in [-0.1, -0.05) is 39.7 Å². The molecule has 0 aliphatic carbocycles. The molecule has 0 radical (unpaired) electrons. The molecule has 0 aromatic heterocycles. The van der Waals surface area contributed by atoms with Crippen LogP contribution in [0, 0.1) is 20.8 Å². The summed E-state index contributed by atoms with van der Waals surface area (Å²) in [6.07, 6.45) is 0. The second-order valence-electron chi connectivity index (χ2n) is 7.45. The average molecular weight is 483 g/mol. The summed E-state index contributed by atoms with van der Waals surface area (Å²) in [5.41, 5.74) is 6.46. The third-order valence-corrected chi connectivity index (χ3v) is 5.75. The van der Waals surface area contributed by atoms with E-state index in [0.29, 0.717) is 18.0 Å². The van der Waals surface area contributed by atoms with Crippen LogP contribution in [0.5, 0.6) is 11.5 Å². The molecule has 6 heteroatoms. The normalized spacial score (nSPS) is 10.5. The van der Waals surface area contributed by atoms with Crippen LogP contribution in [0.15, 0.2) is 59.1 Å². The molecule has 0 aliphatic heterocycles. The summed E-state index contributed by atoms with van der Waals surface area (Å²) in [5.74, 6) is 0.842. The number of aryl methyl sites for hydroxylation is 3. The van der Waals surface area contributed by atoms with Gasteiger partial charge >= 0.3 is 0 Å². The Labute approximate surface area is 191 Å². The van der Waals surface area contributed by atoms with Crippen LogP contribution in [-0.2, 0) is 11.3 Å². The van der Waals surface area contributed by atoms with Gasteiger partial charge in [0, 0.05) is 22.4 Å². The Morgan fingerprint density at radius 2 is 1.61 bits per heavy atom. The van der Waals surface area contributed by atoms with Crippen molar-refractivity contribution in [3.63, 3.8) is 0 Å². The van der Waals surface area contributed by atoms with Crippen LogP contribution in [-0.4, -0.2) is 19.6 Å². The Morgan fingerprint density at radius 3 is 2.29 bits per heavy atom. The van der Waals surface area contributed by atoms with Gasteiger partial charge < -0.3 is 20.1 Å². The van der Waals surface area contributed by atoms with E-state index in [4.69, 9.17) is 9.47 Å². The second-order valence-corrected chi connectivity index (χ2v) is 8.30. The molecule has 0 bridgehead atoms. The van der Waals surface area contributed by atoms with Gasteiger partial charge in [0.05, 0.1) is 7.11 Å². The van der Waals surface area contributed by atoms with Crippen LogP contribution in [0.25, 0.3) is 0 Å². The first-order valence-electron chi connectivity index (χ1n) is 10.0. The molecular formula is C25H27BrN2O3. The van der Waals surface area contributed by atoms with Crippen molar-refractivity contribution in [2.45, 2.75) is 27.3 Å². The van der Waals surface area contributed by atoms with Crippen molar-refractivity contribution in [1.29, 1.82) is 0 Å². The molecule has 0 aliphatic rings. The largest absolute Gasteiger partial charge is 0.493 e. The monoisotopic (exact) mass is 482 g/mol. The molecule has 5 nitrogen and oxygen atoms in total. The van der Waals surface area contributed by atoms with Crippen LogP contribution in [0.2, 0.25) is 0 Å². The summed E-state index contributed by atoms with van der Waals surface area (Å²) in [6.45, 7) is 6.70. The highest BCUT2D eigenvalue weighted by Crippen LogP contribution is 2.34. The molecule has 0 heterocycles. The van der Waals surface area contributed by atoms with E-state index in [1.807, 2.05) is 43.3 Å². The quantitative estimate of drug-likeness (QED) is 0.412. The third kappa shape index (κ3) is 6.25. The van der Waals surface area contributed by atoms with Gasteiger partial charge in [-0.3, -0.25) is 4.79 Å². The number of benzene rings is 3. The Morgan fingerprint density at radius 1 is 0.903 bits per heavy atom. The van der Waals surface area contributed by atoms with Crippen molar-refractivity contribution in [2.75, 3.05) is 24.4 Å². The first kappa shape index (κ1) is 22.7. The number of hydrogen-bond donors (Lipinski definition) is 2. The van der Waals surface area contributed by atoms with E-state index in [1.165, 1.54) is 11.1 Å². The molecular weight excluding hydrogens is 456 g/mol. The van der Waals surface area contributed by atoms with E-state index < -0.39 is 0 Å². The van der Waals surface area contributed by atoms with Gasteiger partial charge in [0.25, 0.3) is 5.91 Å². The maximum Gasteiger partial charge on any atom is 0.262 e. The molecule has 0 saturated heterocycles. The van der Waals surface area contributed by atoms with E-state index >= 15 is 0 Å². The Hall–Kier alpha value is -2.99. The Kier molecular flexibility index (Phi) is 7.58. The topological polar surface area (TPSA) is 59.6 Å². The molecule has 1 amide bonds. The smallest absolute Gasteiger partial charge is 0.262 e. The van der Waals surface area contributed by atoms with Crippen molar-refractivity contribution in [3.8, 4) is 11.5 Å². The number of rotatable bonds is 8. The van der Waals surface area contributed by atoms with E-state index in [9.17, 15) is 4.79 Å². The van der Waals surface area contributed by atoms with E-state index in [1.54, 1.807) is 7.11 Å². The zero-order valence-electron chi connectivity index (χ0n) is 18.2. The molecule has 0 unspecified atom stereocenters. The minimum absolute atomic E-state index is 0.114. The van der Waals surface area contributed by atoms with Crippen molar-refractivity contribution >= 4 is 33.2 Å². The van der Waals surface area contributed by atoms with Crippen LogP contribution >= 0.6 is 15.9 Å². The average Bonchev–Trinajstić information content (AvgIpc) is 2.75. The molecule has 2 N–H and O–H groups in total. The Bertz CT molecular complexity index is 1070. The van der Waals surface area contributed by atoms with Gasteiger partial charge in [-0.2, -0.15) is 0 Å². The number of nitrogens with one attached hydrogen (secondary N) is 2. The molecule has 162 valence electrons. The highest BCUT2D eigenvalue weighted by atomic mass is 79.9. The number of anilines is 2. The van der Waals surface area contributed by atoms with Gasteiger partial charge in [-0.25, -0.2) is 0 Å². The van der Waals surface area contributed by atoms with Crippen LogP contribution in [0.4, 0.5) is 11.4 Å². The standard InChI is InChI=1S/C25H27BrN2O3/c1-16-5-8-20(9-6-16)28-25(29)15-31-24-13-22(26)19(12-23(24)30-4)14-27-21-10-7-17(2)18(3)11-21/h5-13,27H,14-15H2,1-4H3,(H,28,29). The van der Waals surface area contributed by atoms with Crippen molar-refractivity contribution in [1.82, 2.24) is 0 Å². The first-order valence-corrected chi connectivity index (χ1v) is 10.8. The fraction of sp³-hybridized carbons (Fsp3) is 0.240. The van der Waals surface area contributed by atoms with Gasteiger partial charge in [0.15, 0.2) is 18.1 Å². The van der Waals surface area contributed by atoms with Crippen molar-refractivity contribution in [2.24, 2.45) is 0 Å². The van der Waals surface area contributed by atoms with E-state index in [2.05, 4.69) is 58.6 Å². The predicted molar refractivity (Wildman–Crippen MR) is 129 cm³/mol. The zero-order valence-corrected chi connectivity index (χ0v) is 19.8. The van der Waals surface area contributed by atoms with Crippen LogP contribution < -0.4 is 20.1 Å². The summed E-state index contributed by atoms with van der Waals surface area (Å²) < 4.78 is 12.1. The predicted octanol–water partition coefficient (Wildman–Crippen LogP) is 6.01. The number of carbonyl (C=O) groups is 1. The van der Waals surface area contributed by atoms with E-state index in [0.717, 1.165) is 27.0 Å². The lowest BCUT2D eigenvalue weighted by Gasteiger charge is -2.15. The van der Waals surface area contributed by atoms with Gasteiger partial charge in [-0.05, 0) is 73.9 Å². The fourth-order valence-corrected chi connectivity index (χ4v) is 3.47. The van der Waals surface area contributed by atoms with Gasteiger partial charge in [0.1, 0.15) is 0 Å². The first-order chi connectivity index (χ1) is 14.9. The maximum absolute atomic E-state index is 12.2. The zero-order chi connectivity index (χ0) is 22.4. The summed E-state index contributed by atoms with van der Waals surface area (Å²) >= 11 is 3.60. The molecule has 0 saturated carbocycles. The number of amides is 1. The number of halogens is 1. The molecule has 0 fully saturated rings. The molecule has 0 atom stereocenters. The molecule has 3 aromatic rings. The number of hydrogen-bond acceptors (Lipinski definition) is 4. The minimum Gasteiger partial charge on any atom is -0.493 e. The maximum atomic E-state index is 12.2. The molecule has 31 heavy (non-hydrogen) atoms. The number of ether oxygens (including phenoxy) is 2. The van der Waals surface area contributed by atoms with Crippen LogP contribution in [0.1, 0.15) is 22.3 Å². The number of carbonyl (C=O) groups excluding carboxylic acids is 1. The SMILES string of the molecule is COc1cc(CNc2ccc(C)c(C)c2)c(Br)cc1OCC(=O)Nc1ccc(C)cc1. The lowest BCUT2D eigenvalue weighted by molar-refractivity contribution is -0.118. The van der Waals surface area contributed by atoms with Gasteiger partial charge in [0.2, 0.25) is 0 Å². The summed E-state index contributed by atoms with van der Waals surface area (Å²) in [5, 5.41) is 6.25. The second kappa shape index (κ2) is 10.4. The molecule has 0 spiro atoms. The summed E-state index contributed by atoms with van der Waals surface area (Å²) in [4.78, 5) is 12.2. The van der Waals surface area contributed by atoms with Gasteiger partial charge in [-0.15, -0.1) is 0 Å². The van der Waals surface area contributed by atoms with Crippen molar-refractivity contribution < 1.29 is 14.3 Å². The highest BCUT2D eigenvalue weighted by Gasteiger charge is 2.13. The highest BCUT2D eigenvalue weighted by molar-refractivity contribution is 9.10. The molecule has 3 aromatic carbocycles. The fourth-order valence-electron chi connectivity index (χ4n) is 3.01. The van der Waals surface area contributed by atoms with Crippen LogP contribution in [0.3, 0.4) is 0 Å². The Balaban J connectivity index is 1.63. The molecule has 3 rings (SSSR count). The third-order valence-electron chi connectivity index (χ3n) is 5.02. The van der Waals surface area contributed by atoms with E-state index in [-0.39, 0.29) is 12.5 Å². The summed E-state index contributed by atoms with van der Waals surface area (Å²) in [6, 6.07) is 17.7. The minimum atomic E-state index is -0.234.